The quantitative estimate of drug-likeness (QED) is 0.674. The molecule has 0 amide bonds. The van der Waals surface area contributed by atoms with Gasteiger partial charge in [-0.1, -0.05) is 46.9 Å². The van der Waals surface area contributed by atoms with Crippen LogP contribution in [0.5, 0.6) is 0 Å². The molecule has 1 spiro atoms. The van der Waals surface area contributed by atoms with Gasteiger partial charge in [-0.2, -0.15) is 0 Å². The van der Waals surface area contributed by atoms with Crippen LogP contribution in [0.4, 0.5) is 11.4 Å². The van der Waals surface area contributed by atoms with Gasteiger partial charge < -0.3 is 15.4 Å². The van der Waals surface area contributed by atoms with Crippen LogP contribution in [0.15, 0.2) is 41.4 Å². The van der Waals surface area contributed by atoms with Gasteiger partial charge in [0.25, 0.3) is 0 Å². The van der Waals surface area contributed by atoms with Crippen molar-refractivity contribution >= 4 is 52.0 Å². The third-order valence-corrected chi connectivity index (χ3v) is 5.68. The summed E-state index contributed by atoms with van der Waals surface area (Å²) < 4.78 is 5.57. The summed E-state index contributed by atoms with van der Waals surface area (Å²) in [6.45, 7) is 1.86. The average Bonchev–Trinajstić information content (AvgIpc) is 2.64. The highest BCUT2D eigenvalue weighted by Gasteiger charge is 2.42. The summed E-state index contributed by atoms with van der Waals surface area (Å²) in [6, 6.07) is 11.3. The van der Waals surface area contributed by atoms with Gasteiger partial charge in [-0.15, -0.1) is 0 Å². The van der Waals surface area contributed by atoms with Crippen LogP contribution in [0, 0.1) is 0 Å². The van der Waals surface area contributed by atoms with Crippen molar-refractivity contribution in [2.45, 2.75) is 24.9 Å². The Labute approximate surface area is 167 Å². The fourth-order valence-electron chi connectivity index (χ4n) is 3.41. The maximum absolute atomic E-state index is 6.41. The molecule has 7 heteroatoms. The third-order valence-electron chi connectivity index (χ3n) is 4.82. The van der Waals surface area contributed by atoms with E-state index in [4.69, 9.17) is 44.5 Å². The number of anilines is 2. The zero-order chi connectivity index (χ0) is 18.1. The molecule has 0 atom stereocenters. The second kappa shape index (κ2) is 7.28. The lowest BCUT2D eigenvalue weighted by Crippen LogP contribution is -2.55. The summed E-state index contributed by atoms with van der Waals surface area (Å²) >= 11 is 18.9. The first-order valence-corrected chi connectivity index (χ1v) is 9.61. The number of nitrogens with one attached hydrogen (secondary N) is 2. The molecule has 1 fully saturated rings. The Bertz CT molecular complexity index is 863. The topological polar surface area (TPSA) is 45.7 Å². The first-order chi connectivity index (χ1) is 12.6. The Morgan fingerprint density at radius 2 is 1.73 bits per heavy atom. The van der Waals surface area contributed by atoms with E-state index in [0.29, 0.717) is 34.8 Å². The van der Waals surface area contributed by atoms with Crippen LogP contribution in [0.1, 0.15) is 18.4 Å². The van der Waals surface area contributed by atoms with Crippen LogP contribution < -0.4 is 10.6 Å². The van der Waals surface area contributed by atoms with E-state index in [1.807, 2.05) is 24.3 Å². The van der Waals surface area contributed by atoms with E-state index in [2.05, 4.69) is 10.6 Å². The van der Waals surface area contributed by atoms with E-state index in [0.717, 1.165) is 35.6 Å². The minimum absolute atomic E-state index is 0.335. The van der Waals surface area contributed by atoms with Crippen molar-refractivity contribution in [3.63, 3.8) is 0 Å². The molecule has 0 unspecified atom stereocenters. The standard InChI is InChI=1S/C19H18Cl3N3O/c20-13-3-1-2-12(10-13)11-23-18-19(6-8-26-9-7-19)25-17-15(22)5-4-14(21)16(17)24-18/h1-5,10,25H,6-9,11H2,(H,23,24). The van der Waals surface area contributed by atoms with E-state index in [1.54, 1.807) is 12.1 Å². The molecule has 0 saturated carbocycles. The molecule has 26 heavy (non-hydrogen) atoms. The van der Waals surface area contributed by atoms with Crippen LogP contribution in [0.3, 0.4) is 0 Å². The second-order valence-electron chi connectivity index (χ2n) is 6.52. The monoisotopic (exact) mass is 409 g/mol. The number of aliphatic imine (C=N–C) groups is 1. The highest BCUT2D eigenvalue weighted by molar-refractivity contribution is 6.39. The van der Waals surface area contributed by atoms with Crippen LogP contribution in [0.25, 0.3) is 0 Å². The fourth-order valence-corrected chi connectivity index (χ4v) is 4.03. The van der Waals surface area contributed by atoms with Gasteiger partial charge in [0.15, 0.2) is 0 Å². The van der Waals surface area contributed by atoms with E-state index >= 15 is 0 Å². The maximum Gasteiger partial charge on any atom is 0.127 e. The molecule has 1 saturated heterocycles. The molecule has 2 aliphatic rings. The minimum atomic E-state index is -0.335. The number of nitrogens with zero attached hydrogens (tertiary/aromatic N) is 1. The van der Waals surface area contributed by atoms with Crippen molar-refractivity contribution in [2.75, 3.05) is 23.8 Å². The lowest BCUT2D eigenvalue weighted by molar-refractivity contribution is 0.0778. The molecule has 2 aromatic rings. The molecular weight excluding hydrogens is 393 g/mol. The van der Waals surface area contributed by atoms with Crippen molar-refractivity contribution in [1.29, 1.82) is 0 Å². The summed E-state index contributed by atoms with van der Waals surface area (Å²) in [6.07, 6.45) is 1.60. The lowest BCUT2D eigenvalue weighted by atomic mass is 9.86. The minimum Gasteiger partial charge on any atom is -0.381 e. The molecule has 4 nitrogen and oxygen atoms in total. The zero-order valence-corrected chi connectivity index (χ0v) is 16.3. The normalized spacial score (nSPS) is 19.7. The highest BCUT2D eigenvalue weighted by atomic mass is 35.5. The molecular formula is C19H18Cl3N3O. The molecule has 136 valence electrons. The van der Waals surface area contributed by atoms with Crippen molar-refractivity contribution in [2.24, 2.45) is 4.99 Å². The van der Waals surface area contributed by atoms with Crippen LogP contribution in [0.2, 0.25) is 15.1 Å². The summed E-state index contributed by atoms with van der Waals surface area (Å²) in [5.41, 5.74) is 2.30. The summed E-state index contributed by atoms with van der Waals surface area (Å²) in [4.78, 5) is 4.87. The summed E-state index contributed by atoms with van der Waals surface area (Å²) in [5, 5.41) is 8.99. The molecule has 2 heterocycles. The number of benzene rings is 2. The third kappa shape index (κ3) is 3.39. The Morgan fingerprint density at radius 1 is 1.00 bits per heavy atom. The summed E-state index contributed by atoms with van der Waals surface area (Å²) in [7, 11) is 0. The maximum atomic E-state index is 6.41. The zero-order valence-electron chi connectivity index (χ0n) is 14.0. The van der Waals surface area contributed by atoms with Crippen LogP contribution in [-0.2, 0) is 11.3 Å². The molecule has 0 radical (unpaired) electrons. The van der Waals surface area contributed by atoms with E-state index < -0.39 is 0 Å². The number of amidine groups is 1. The number of ether oxygens (including phenoxy) is 1. The number of hydrogen-bond donors (Lipinski definition) is 2. The highest BCUT2D eigenvalue weighted by Crippen LogP contribution is 2.44. The predicted molar refractivity (Wildman–Crippen MR) is 109 cm³/mol. The fraction of sp³-hybridized carbons (Fsp3) is 0.316. The van der Waals surface area contributed by atoms with Gasteiger partial charge in [-0.05, 0) is 29.8 Å². The van der Waals surface area contributed by atoms with Gasteiger partial charge in [0.05, 0.1) is 33.5 Å². The van der Waals surface area contributed by atoms with Crippen LogP contribution >= 0.6 is 34.8 Å². The van der Waals surface area contributed by atoms with Gasteiger partial charge in [0.1, 0.15) is 5.84 Å². The number of halogens is 3. The Kier molecular flexibility index (Phi) is 5.02. The van der Waals surface area contributed by atoms with E-state index in [1.165, 1.54) is 0 Å². The first-order valence-electron chi connectivity index (χ1n) is 8.48. The lowest BCUT2D eigenvalue weighted by Gasteiger charge is -2.44. The van der Waals surface area contributed by atoms with Crippen molar-refractivity contribution in [1.82, 2.24) is 0 Å². The van der Waals surface area contributed by atoms with Gasteiger partial charge in [-0.3, -0.25) is 4.99 Å². The van der Waals surface area contributed by atoms with Crippen LogP contribution in [-0.4, -0.2) is 24.6 Å². The van der Waals surface area contributed by atoms with Gasteiger partial charge in [0.2, 0.25) is 0 Å². The van der Waals surface area contributed by atoms with Crippen molar-refractivity contribution < 1.29 is 4.74 Å². The number of hydrogen-bond acceptors (Lipinski definition) is 3. The Hall–Kier alpha value is -1.46. The number of rotatable bonds is 2. The van der Waals surface area contributed by atoms with Gasteiger partial charge in [0, 0.05) is 31.1 Å². The van der Waals surface area contributed by atoms with Crippen molar-refractivity contribution in [3.05, 3.63) is 57.0 Å². The Balaban J connectivity index is 1.72. The molecule has 0 bridgehead atoms. The molecule has 0 aromatic heterocycles. The summed E-state index contributed by atoms with van der Waals surface area (Å²) in [5.74, 6) is 0.859. The van der Waals surface area contributed by atoms with E-state index in [-0.39, 0.29) is 5.54 Å². The Morgan fingerprint density at radius 3 is 2.46 bits per heavy atom. The predicted octanol–water partition coefficient (Wildman–Crippen LogP) is 5.63. The van der Waals surface area contributed by atoms with Gasteiger partial charge in [-0.25, -0.2) is 0 Å². The average molecular weight is 411 g/mol. The van der Waals surface area contributed by atoms with Crippen molar-refractivity contribution in [3.8, 4) is 0 Å². The number of fused-ring (bicyclic) bond motifs is 1. The molecule has 4 rings (SSSR count). The molecule has 0 aliphatic carbocycles. The first kappa shape index (κ1) is 17.9. The molecule has 2 aliphatic heterocycles. The smallest absolute Gasteiger partial charge is 0.127 e. The molecule has 2 N–H and O–H groups in total. The van der Waals surface area contributed by atoms with Gasteiger partial charge >= 0.3 is 0 Å². The second-order valence-corrected chi connectivity index (χ2v) is 7.77. The molecule has 2 aromatic carbocycles. The van der Waals surface area contributed by atoms with E-state index in [9.17, 15) is 0 Å². The largest absolute Gasteiger partial charge is 0.381 e. The SMILES string of the molecule is Clc1cccc(CN=C2Nc3c(Cl)ccc(Cl)c3NC23CCOCC3)c1.